The highest BCUT2D eigenvalue weighted by molar-refractivity contribution is 5.86. The molecule has 2 aromatic rings. The quantitative estimate of drug-likeness (QED) is 0.312. The molecule has 3 amide bonds. The lowest BCUT2D eigenvalue weighted by molar-refractivity contribution is -0.127. The third-order valence-electron chi connectivity index (χ3n) is 6.34. The Bertz CT molecular complexity index is 1130. The van der Waals surface area contributed by atoms with Gasteiger partial charge in [-0.2, -0.15) is 0 Å². The van der Waals surface area contributed by atoms with Crippen molar-refractivity contribution in [2.75, 3.05) is 13.1 Å². The lowest BCUT2D eigenvalue weighted by Gasteiger charge is -2.35. The minimum absolute atomic E-state index is 0.0440. The van der Waals surface area contributed by atoms with Gasteiger partial charge in [-0.15, -0.1) is 0 Å². The average Bonchev–Trinajstić information content (AvgIpc) is 2.89. The molecule has 3 N–H and O–H groups in total. The van der Waals surface area contributed by atoms with E-state index < -0.39 is 47.3 Å². The number of rotatable bonds is 12. The van der Waals surface area contributed by atoms with E-state index in [-0.39, 0.29) is 19.1 Å². The summed E-state index contributed by atoms with van der Waals surface area (Å²) >= 11 is 0. The molecule has 0 radical (unpaired) electrons. The third-order valence-corrected chi connectivity index (χ3v) is 6.34. The molecular weight excluding hydrogens is 534 g/mol. The van der Waals surface area contributed by atoms with Crippen LogP contribution in [0.2, 0.25) is 0 Å². The van der Waals surface area contributed by atoms with Gasteiger partial charge in [-0.25, -0.2) is 9.59 Å². The SMILES string of the molecule is CC(C)CN(CC(O)C(Cc1ccccc1)NC(=O)[C@@H](NC(=O)OCc1ccccc1)C(C)(C)C)C(=O)OC(C)(C)C. The molecule has 2 aromatic carbocycles. The number of amides is 3. The number of aliphatic hydroxyl groups excluding tert-OH is 1. The summed E-state index contributed by atoms with van der Waals surface area (Å²) in [4.78, 5) is 40.9. The minimum Gasteiger partial charge on any atom is -0.445 e. The zero-order valence-electron chi connectivity index (χ0n) is 26.3. The zero-order chi connectivity index (χ0) is 31.5. The van der Waals surface area contributed by atoms with Gasteiger partial charge < -0.3 is 30.1 Å². The molecular formula is C33H49N3O6. The number of hydrogen-bond acceptors (Lipinski definition) is 6. The number of ether oxygens (including phenoxy) is 2. The lowest BCUT2D eigenvalue weighted by atomic mass is 9.85. The summed E-state index contributed by atoms with van der Waals surface area (Å²) in [5, 5.41) is 17.1. The first kappa shape index (κ1) is 34.6. The second kappa shape index (κ2) is 15.6. The summed E-state index contributed by atoms with van der Waals surface area (Å²) in [7, 11) is 0. The van der Waals surface area contributed by atoms with E-state index in [0.717, 1.165) is 11.1 Å². The maximum atomic E-state index is 13.7. The third kappa shape index (κ3) is 12.5. The van der Waals surface area contributed by atoms with E-state index in [9.17, 15) is 19.5 Å². The number of carbonyl (C=O) groups is 3. The van der Waals surface area contributed by atoms with Crippen molar-refractivity contribution in [3.63, 3.8) is 0 Å². The summed E-state index contributed by atoms with van der Waals surface area (Å²) in [5.41, 5.74) is 0.358. The van der Waals surface area contributed by atoms with Crippen LogP contribution in [-0.4, -0.2) is 65.0 Å². The molecule has 0 saturated carbocycles. The highest BCUT2D eigenvalue weighted by Gasteiger charge is 2.36. The van der Waals surface area contributed by atoms with Crippen LogP contribution in [0.25, 0.3) is 0 Å². The Morgan fingerprint density at radius 1 is 0.833 bits per heavy atom. The smallest absolute Gasteiger partial charge is 0.410 e. The largest absolute Gasteiger partial charge is 0.445 e. The predicted molar refractivity (Wildman–Crippen MR) is 164 cm³/mol. The fourth-order valence-corrected chi connectivity index (χ4v) is 4.32. The Morgan fingerprint density at radius 2 is 1.38 bits per heavy atom. The van der Waals surface area contributed by atoms with E-state index in [0.29, 0.717) is 13.0 Å². The Kier molecular flexibility index (Phi) is 12.8. The Labute approximate surface area is 251 Å². The van der Waals surface area contributed by atoms with Crippen LogP contribution in [-0.2, 0) is 27.3 Å². The lowest BCUT2D eigenvalue weighted by Crippen LogP contribution is -2.59. The maximum Gasteiger partial charge on any atom is 0.410 e. The summed E-state index contributed by atoms with van der Waals surface area (Å²) in [6.45, 7) is 15.2. The van der Waals surface area contributed by atoms with Gasteiger partial charge in [0.05, 0.1) is 18.7 Å². The average molecular weight is 584 g/mol. The fourth-order valence-electron chi connectivity index (χ4n) is 4.32. The van der Waals surface area contributed by atoms with Gasteiger partial charge in [-0.3, -0.25) is 4.79 Å². The van der Waals surface area contributed by atoms with Gasteiger partial charge in [0.15, 0.2) is 0 Å². The summed E-state index contributed by atoms with van der Waals surface area (Å²) in [6, 6.07) is 17.0. The van der Waals surface area contributed by atoms with Gasteiger partial charge >= 0.3 is 12.2 Å². The predicted octanol–water partition coefficient (Wildman–Crippen LogP) is 5.31. The number of nitrogens with one attached hydrogen (secondary N) is 2. The van der Waals surface area contributed by atoms with E-state index in [4.69, 9.17) is 9.47 Å². The molecule has 0 aliphatic carbocycles. The second-order valence-corrected chi connectivity index (χ2v) is 13.2. The van der Waals surface area contributed by atoms with E-state index in [1.165, 1.54) is 4.90 Å². The molecule has 9 heteroatoms. The van der Waals surface area contributed by atoms with Crippen LogP contribution in [0.1, 0.15) is 66.5 Å². The standard InChI is InChI=1S/C33H49N3O6/c1-23(2)20-36(31(40)42-33(6,7)8)21-27(37)26(19-24-15-11-9-12-16-24)34-29(38)28(32(3,4)5)35-30(39)41-22-25-17-13-10-14-18-25/h9-18,23,26-28,37H,19-22H2,1-8H3,(H,34,38)(H,35,39)/t26?,27?,28-/m1/s1. The van der Waals surface area contributed by atoms with Gasteiger partial charge in [0.2, 0.25) is 5.91 Å². The van der Waals surface area contributed by atoms with Crippen molar-refractivity contribution in [1.82, 2.24) is 15.5 Å². The first-order valence-corrected chi connectivity index (χ1v) is 14.5. The van der Waals surface area contributed by atoms with Gasteiger partial charge in [-0.1, -0.05) is 95.3 Å². The molecule has 0 spiro atoms. The van der Waals surface area contributed by atoms with Crippen LogP contribution in [0.4, 0.5) is 9.59 Å². The maximum absolute atomic E-state index is 13.7. The molecule has 3 atom stereocenters. The van der Waals surface area contributed by atoms with Crippen molar-refractivity contribution < 1.29 is 29.0 Å². The molecule has 0 aliphatic heterocycles. The highest BCUT2D eigenvalue weighted by atomic mass is 16.6. The van der Waals surface area contributed by atoms with E-state index in [1.807, 2.05) is 95.3 Å². The van der Waals surface area contributed by atoms with Crippen molar-refractivity contribution in [1.29, 1.82) is 0 Å². The van der Waals surface area contributed by atoms with Crippen LogP contribution in [0.3, 0.4) is 0 Å². The monoisotopic (exact) mass is 583 g/mol. The summed E-state index contributed by atoms with van der Waals surface area (Å²) in [6.07, 6.45) is -2.06. The van der Waals surface area contributed by atoms with E-state index in [2.05, 4.69) is 10.6 Å². The molecule has 0 fully saturated rings. The number of hydrogen-bond donors (Lipinski definition) is 3. The molecule has 9 nitrogen and oxygen atoms in total. The van der Waals surface area contributed by atoms with Gasteiger partial charge in [0.25, 0.3) is 0 Å². The van der Waals surface area contributed by atoms with Crippen molar-refractivity contribution in [2.45, 2.75) is 92.2 Å². The Morgan fingerprint density at radius 3 is 1.88 bits per heavy atom. The number of carbonyl (C=O) groups excluding carboxylic acids is 3. The van der Waals surface area contributed by atoms with Crippen LogP contribution < -0.4 is 10.6 Å². The molecule has 42 heavy (non-hydrogen) atoms. The van der Waals surface area contributed by atoms with Crippen molar-refractivity contribution >= 4 is 18.1 Å². The van der Waals surface area contributed by atoms with E-state index in [1.54, 1.807) is 20.8 Å². The summed E-state index contributed by atoms with van der Waals surface area (Å²) < 4.78 is 11.0. The van der Waals surface area contributed by atoms with Gasteiger partial charge in [0.1, 0.15) is 18.2 Å². The van der Waals surface area contributed by atoms with Crippen molar-refractivity contribution in [3.05, 3.63) is 71.8 Å². The first-order chi connectivity index (χ1) is 19.5. The molecule has 0 heterocycles. The normalized spacial score (nSPS) is 14.0. The Hall–Kier alpha value is -3.59. The highest BCUT2D eigenvalue weighted by Crippen LogP contribution is 2.21. The van der Waals surface area contributed by atoms with Crippen molar-refractivity contribution in [3.8, 4) is 0 Å². The van der Waals surface area contributed by atoms with Crippen LogP contribution in [0, 0.1) is 11.3 Å². The second-order valence-electron chi connectivity index (χ2n) is 13.2. The molecule has 2 rings (SSSR count). The van der Waals surface area contributed by atoms with Crippen LogP contribution in [0.15, 0.2) is 60.7 Å². The zero-order valence-corrected chi connectivity index (χ0v) is 26.3. The molecule has 0 saturated heterocycles. The first-order valence-electron chi connectivity index (χ1n) is 14.5. The number of nitrogens with zero attached hydrogens (tertiary/aromatic N) is 1. The van der Waals surface area contributed by atoms with Crippen molar-refractivity contribution in [2.24, 2.45) is 11.3 Å². The van der Waals surface area contributed by atoms with Crippen LogP contribution in [0.5, 0.6) is 0 Å². The van der Waals surface area contributed by atoms with Gasteiger partial charge in [-0.05, 0) is 49.7 Å². The fraction of sp³-hybridized carbons (Fsp3) is 0.545. The molecule has 0 bridgehead atoms. The van der Waals surface area contributed by atoms with Crippen LogP contribution >= 0.6 is 0 Å². The Balaban J connectivity index is 2.24. The topological polar surface area (TPSA) is 117 Å². The minimum atomic E-state index is -1.12. The number of aliphatic hydroxyl groups is 1. The van der Waals surface area contributed by atoms with Gasteiger partial charge in [0, 0.05) is 6.54 Å². The van der Waals surface area contributed by atoms with E-state index >= 15 is 0 Å². The molecule has 2 unspecified atom stereocenters. The summed E-state index contributed by atoms with van der Waals surface area (Å²) in [5.74, 6) is -0.338. The number of alkyl carbamates (subject to hydrolysis) is 1. The molecule has 0 aliphatic rings. The number of benzene rings is 2. The molecule has 0 aromatic heterocycles. The molecule has 232 valence electrons.